The maximum absolute atomic E-state index is 13.7. The molecule has 130 valence electrons. The van der Waals surface area contributed by atoms with Crippen LogP contribution in [0.3, 0.4) is 0 Å². The minimum absolute atomic E-state index is 0.136. The zero-order chi connectivity index (χ0) is 18.0. The van der Waals surface area contributed by atoms with Crippen LogP contribution in [0.25, 0.3) is 0 Å². The number of carbonyl (C=O) groups is 1. The predicted octanol–water partition coefficient (Wildman–Crippen LogP) is 2.61. The van der Waals surface area contributed by atoms with E-state index in [1.54, 1.807) is 42.9 Å². The van der Waals surface area contributed by atoms with Gasteiger partial charge in [0.2, 0.25) is 5.91 Å². The Morgan fingerprint density at radius 1 is 1.40 bits per heavy atom. The number of nitrogens with zero attached hydrogens (tertiary/aromatic N) is 3. The van der Waals surface area contributed by atoms with E-state index in [1.165, 1.54) is 12.1 Å². The average molecular weight is 342 g/mol. The summed E-state index contributed by atoms with van der Waals surface area (Å²) in [6, 6.07) is 5.59. The monoisotopic (exact) mass is 342 g/mol. The van der Waals surface area contributed by atoms with Crippen LogP contribution < -0.4 is 5.32 Å². The van der Waals surface area contributed by atoms with Crippen molar-refractivity contribution in [2.45, 2.75) is 26.3 Å². The highest BCUT2D eigenvalue weighted by Gasteiger charge is 2.22. The van der Waals surface area contributed by atoms with Crippen molar-refractivity contribution in [1.29, 1.82) is 0 Å². The number of imidazole rings is 1. The second-order valence-electron chi connectivity index (χ2n) is 5.93. The van der Waals surface area contributed by atoms with Crippen molar-refractivity contribution in [2.75, 3.05) is 0 Å². The standard InChI is InChI=1S/C18H19FN4O2/c1-11-15(12(2)25-22-11)10-16(24)21-17(18-20-7-8-23(18)3)13-5-4-6-14(19)9-13/h4-9,17H,10H2,1-3H3,(H,21,24)/t17-/m0/s1. The lowest BCUT2D eigenvalue weighted by atomic mass is 10.0. The molecule has 1 atom stereocenters. The molecule has 3 rings (SSSR count). The second kappa shape index (κ2) is 6.88. The first-order valence-corrected chi connectivity index (χ1v) is 7.89. The third-order valence-corrected chi connectivity index (χ3v) is 4.12. The van der Waals surface area contributed by atoms with E-state index in [9.17, 15) is 9.18 Å². The van der Waals surface area contributed by atoms with Gasteiger partial charge in [-0.05, 0) is 31.5 Å². The Hall–Kier alpha value is -2.96. The fraction of sp³-hybridized carbons (Fsp3) is 0.278. The molecule has 1 amide bonds. The predicted molar refractivity (Wildman–Crippen MR) is 89.3 cm³/mol. The molecule has 0 radical (unpaired) electrons. The average Bonchev–Trinajstić information content (AvgIpc) is 3.13. The topological polar surface area (TPSA) is 73.0 Å². The number of rotatable bonds is 5. The number of aromatic nitrogens is 3. The summed E-state index contributed by atoms with van der Waals surface area (Å²) in [7, 11) is 1.83. The normalized spacial score (nSPS) is 12.2. The number of nitrogens with one attached hydrogen (secondary N) is 1. The Morgan fingerprint density at radius 3 is 2.80 bits per heavy atom. The third kappa shape index (κ3) is 3.60. The molecule has 0 aliphatic rings. The van der Waals surface area contributed by atoms with Gasteiger partial charge in [-0.1, -0.05) is 17.3 Å². The molecule has 6 nitrogen and oxygen atoms in total. The Kier molecular flexibility index (Phi) is 4.65. The number of hydrogen-bond donors (Lipinski definition) is 1. The van der Waals surface area contributed by atoms with Gasteiger partial charge in [0, 0.05) is 25.0 Å². The Labute approximate surface area is 144 Å². The van der Waals surface area contributed by atoms with Crippen LogP contribution >= 0.6 is 0 Å². The van der Waals surface area contributed by atoms with Gasteiger partial charge in [0.05, 0.1) is 12.1 Å². The fourth-order valence-corrected chi connectivity index (χ4v) is 2.77. The van der Waals surface area contributed by atoms with Crippen molar-refractivity contribution in [2.24, 2.45) is 7.05 Å². The minimum Gasteiger partial charge on any atom is -0.361 e. The highest BCUT2D eigenvalue weighted by molar-refractivity contribution is 5.79. The molecule has 0 bridgehead atoms. The van der Waals surface area contributed by atoms with Crippen molar-refractivity contribution in [3.63, 3.8) is 0 Å². The van der Waals surface area contributed by atoms with Gasteiger partial charge in [-0.15, -0.1) is 0 Å². The van der Waals surface area contributed by atoms with E-state index in [1.807, 2.05) is 7.05 Å². The molecule has 2 aromatic heterocycles. The number of halogens is 1. The number of aryl methyl sites for hydroxylation is 3. The Balaban J connectivity index is 1.88. The van der Waals surface area contributed by atoms with Crippen LogP contribution in [-0.4, -0.2) is 20.6 Å². The van der Waals surface area contributed by atoms with Gasteiger partial charge in [-0.25, -0.2) is 9.37 Å². The summed E-state index contributed by atoms with van der Waals surface area (Å²) in [5.41, 5.74) is 2.07. The summed E-state index contributed by atoms with van der Waals surface area (Å²) in [6.45, 7) is 3.56. The second-order valence-corrected chi connectivity index (χ2v) is 5.93. The molecule has 7 heteroatoms. The van der Waals surface area contributed by atoms with E-state index in [2.05, 4.69) is 15.5 Å². The summed E-state index contributed by atoms with van der Waals surface area (Å²) in [5, 5.41) is 6.80. The van der Waals surface area contributed by atoms with Crippen molar-refractivity contribution >= 4 is 5.91 Å². The highest BCUT2D eigenvalue weighted by atomic mass is 19.1. The molecule has 25 heavy (non-hydrogen) atoms. The van der Waals surface area contributed by atoms with Crippen LogP contribution in [0.4, 0.5) is 4.39 Å². The van der Waals surface area contributed by atoms with Gasteiger partial charge >= 0.3 is 0 Å². The minimum atomic E-state index is -0.552. The highest BCUT2D eigenvalue weighted by Crippen LogP contribution is 2.22. The molecule has 0 saturated carbocycles. The lowest BCUT2D eigenvalue weighted by molar-refractivity contribution is -0.121. The smallest absolute Gasteiger partial charge is 0.225 e. The first-order valence-electron chi connectivity index (χ1n) is 7.89. The molecule has 1 aromatic carbocycles. The summed E-state index contributed by atoms with van der Waals surface area (Å²) in [5.74, 6) is 0.660. The molecule has 1 N–H and O–H groups in total. The third-order valence-electron chi connectivity index (χ3n) is 4.12. The Morgan fingerprint density at radius 2 is 2.20 bits per heavy atom. The summed E-state index contributed by atoms with van der Waals surface area (Å²) in [6.07, 6.45) is 3.56. The molecule has 2 heterocycles. The molecule has 0 unspecified atom stereocenters. The van der Waals surface area contributed by atoms with E-state index in [-0.39, 0.29) is 18.1 Å². The van der Waals surface area contributed by atoms with Gasteiger partial charge in [-0.3, -0.25) is 4.79 Å². The first-order chi connectivity index (χ1) is 12.0. The molecular weight excluding hydrogens is 323 g/mol. The molecule has 3 aromatic rings. The number of benzene rings is 1. The van der Waals surface area contributed by atoms with Gasteiger partial charge in [-0.2, -0.15) is 0 Å². The van der Waals surface area contributed by atoms with E-state index >= 15 is 0 Å². The van der Waals surface area contributed by atoms with Crippen LogP contribution in [0.5, 0.6) is 0 Å². The van der Waals surface area contributed by atoms with Gasteiger partial charge < -0.3 is 14.4 Å². The molecule has 0 spiro atoms. The zero-order valence-electron chi connectivity index (χ0n) is 14.3. The molecule has 0 aliphatic carbocycles. The molecule has 0 fully saturated rings. The van der Waals surface area contributed by atoms with Crippen LogP contribution in [0.2, 0.25) is 0 Å². The number of hydrogen-bond acceptors (Lipinski definition) is 4. The first kappa shape index (κ1) is 16.9. The van der Waals surface area contributed by atoms with E-state index in [0.29, 0.717) is 22.8 Å². The molecule has 0 saturated heterocycles. The lowest BCUT2D eigenvalue weighted by Crippen LogP contribution is -2.32. The van der Waals surface area contributed by atoms with Crippen molar-refractivity contribution in [3.05, 3.63) is 70.9 Å². The zero-order valence-corrected chi connectivity index (χ0v) is 14.3. The largest absolute Gasteiger partial charge is 0.361 e. The van der Waals surface area contributed by atoms with Crippen molar-refractivity contribution in [3.8, 4) is 0 Å². The van der Waals surface area contributed by atoms with Gasteiger partial charge in [0.15, 0.2) is 0 Å². The fourth-order valence-electron chi connectivity index (χ4n) is 2.77. The summed E-state index contributed by atoms with van der Waals surface area (Å²) < 4.78 is 20.6. The lowest BCUT2D eigenvalue weighted by Gasteiger charge is -2.19. The van der Waals surface area contributed by atoms with Gasteiger partial charge in [0.1, 0.15) is 23.4 Å². The number of amides is 1. The summed E-state index contributed by atoms with van der Waals surface area (Å²) in [4.78, 5) is 16.9. The Bertz CT molecular complexity index is 881. The maximum atomic E-state index is 13.7. The summed E-state index contributed by atoms with van der Waals surface area (Å²) >= 11 is 0. The van der Waals surface area contributed by atoms with Crippen LogP contribution in [0.1, 0.15) is 34.4 Å². The van der Waals surface area contributed by atoms with E-state index in [0.717, 1.165) is 5.56 Å². The van der Waals surface area contributed by atoms with Crippen LogP contribution in [0.15, 0.2) is 41.2 Å². The van der Waals surface area contributed by atoms with Crippen molar-refractivity contribution in [1.82, 2.24) is 20.0 Å². The van der Waals surface area contributed by atoms with Gasteiger partial charge in [0.25, 0.3) is 0 Å². The maximum Gasteiger partial charge on any atom is 0.225 e. The van der Waals surface area contributed by atoms with E-state index < -0.39 is 6.04 Å². The molecule has 0 aliphatic heterocycles. The molecular formula is C18H19FN4O2. The van der Waals surface area contributed by atoms with E-state index in [4.69, 9.17) is 4.52 Å². The number of carbonyl (C=O) groups excluding carboxylic acids is 1. The quantitative estimate of drug-likeness (QED) is 0.773. The van der Waals surface area contributed by atoms with Crippen LogP contribution in [-0.2, 0) is 18.3 Å². The van der Waals surface area contributed by atoms with Crippen LogP contribution in [0, 0.1) is 19.7 Å². The van der Waals surface area contributed by atoms with Crippen molar-refractivity contribution < 1.29 is 13.7 Å². The SMILES string of the molecule is Cc1noc(C)c1CC(=O)N[C@@H](c1cccc(F)c1)c1nccn1C.